The molecule has 0 unspecified atom stereocenters. The van der Waals surface area contributed by atoms with Gasteiger partial charge < -0.3 is 10.0 Å². The van der Waals surface area contributed by atoms with Gasteiger partial charge in [0.05, 0.1) is 11.1 Å². The van der Waals surface area contributed by atoms with Crippen molar-refractivity contribution < 1.29 is 14.3 Å². The first-order chi connectivity index (χ1) is 10.4. The normalized spacial score (nSPS) is 17.1. The molecule has 22 heavy (non-hydrogen) atoms. The zero-order chi connectivity index (χ0) is 16.3. The summed E-state index contributed by atoms with van der Waals surface area (Å²) < 4.78 is 13.2. The molecule has 1 amide bonds. The Balaban J connectivity index is 2.05. The number of carbonyl (C=O) groups is 1. The molecule has 1 aliphatic heterocycles. The summed E-state index contributed by atoms with van der Waals surface area (Å²) in [5.41, 5.74) is 0.388. The Morgan fingerprint density at radius 3 is 2.77 bits per heavy atom. The van der Waals surface area contributed by atoms with Gasteiger partial charge in [0.15, 0.2) is 0 Å². The van der Waals surface area contributed by atoms with Crippen molar-refractivity contribution >= 4 is 17.5 Å². The van der Waals surface area contributed by atoms with Gasteiger partial charge in [0.25, 0.3) is 5.91 Å². The Kier molecular flexibility index (Phi) is 5.78. The van der Waals surface area contributed by atoms with E-state index in [-0.39, 0.29) is 23.1 Å². The first-order valence-electron chi connectivity index (χ1n) is 7.55. The largest absolute Gasteiger partial charge is 0.390 e. The molecule has 0 bridgehead atoms. The predicted molar refractivity (Wildman–Crippen MR) is 84.6 cm³/mol. The highest BCUT2D eigenvalue weighted by atomic mass is 35.5. The SMILES string of the molecule is CCC[C@@H](CN1CC(O)C1)N(C)C(=O)c1ccc(F)c(Cl)c1. The molecule has 122 valence electrons. The maximum atomic E-state index is 13.2. The van der Waals surface area contributed by atoms with Crippen molar-refractivity contribution in [1.29, 1.82) is 0 Å². The molecule has 0 saturated carbocycles. The zero-order valence-corrected chi connectivity index (χ0v) is 13.7. The summed E-state index contributed by atoms with van der Waals surface area (Å²) in [5, 5.41) is 9.33. The number of nitrogens with zero attached hydrogens (tertiary/aromatic N) is 2. The van der Waals surface area contributed by atoms with E-state index in [1.807, 2.05) is 0 Å². The summed E-state index contributed by atoms with van der Waals surface area (Å²) in [6.45, 7) is 4.13. The molecule has 1 fully saturated rings. The fourth-order valence-corrected chi connectivity index (χ4v) is 2.91. The van der Waals surface area contributed by atoms with Crippen LogP contribution in [0.4, 0.5) is 4.39 Å². The molecular weight excluding hydrogens is 307 g/mol. The van der Waals surface area contributed by atoms with Crippen LogP contribution in [0.5, 0.6) is 0 Å². The van der Waals surface area contributed by atoms with Gasteiger partial charge in [0.2, 0.25) is 0 Å². The van der Waals surface area contributed by atoms with E-state index in [0.717, 1.165) is 19.4 Å². The first kappa shape index (κ1) is 17.2. The lowest BCUT2D eigenvalue weighted by Crippen LogP contribution is -2.55. The lowest BCUT2D eigenvalue weighted by molar-refractivity contribution is -0.0113. The third-order valence-corrected chi connectivity index (χ3v) is 4.35. The van der Waals surface area contributed by atoms with E-state index >= 15 is 0 Å². The fraction of sp³-hybridized carbons (Fsp3) is 0.562. The van der Waals surface area contributed by atoms with E-state index in [1.165, 1.54) is 18.2 Å². The molecule has 1 saturated heterocycles. The van der Waals surface area contributed by atoms with Crippen molar-refractivity contribution in [2.45, 2.75) is 31.9 Å². The monoisotopic (exact) mass is 328 g/mol. The molecule has 0 radical (unpaired) electrons. The Morgan fingerprint density at radius 1 is 1.55 bits per heavy atom. The highest BCUT2D eigenvalue weighted by Crippen LogP contribution is 2.19. The molecule has 1 atom stereocenters. The van der Waals surface area contributed by atoms with E-state index in [1.54, 1.807) is 11.9 Å². The van der Waals surface area contributed by atoms with Crippen molar-refractivity contribution in [3.63, 3.8) is 0 Å². The van der Waals surface area contributed by atoms with Crippen molar-refractivity contribution in [2.75, 3.05) is 26.7 Å². The second-order valence-corrected chi connectivity index (χ2v) is 6.27. The van der Waals surface area contributed by atoms with Gasteiger partial charge >= 0.3 is 0 Å². The van der Waals surface area contributed by atoms with Crippen molar-refractivity contribution in [2.24, 2.45) is 0 Å². The smallest absolute Gasteiger partial charge is 0.253 e. The quantitative estimate of drug-likeness (QED) is 0.872. The Bertz CT molecular complexity index is 535. The molecule has 1 heterocycles. The van der Waals surface area contributed by atoms with Crippen LogP contribution in [0.25, 0.3) is 0 Å². The molecule has 1 N–H and O–H groups in total. The Hall–Kier alpha value is -1.17. The fourth-order valence-electron chi connectivity index (χ4n) is 2.73. The summed E-state index contributed by atoms with van der Waals surface area (Å²) in [7, 11) is 1.76. The number of hydrogen-bond donors (Lipinski definition) is 1. The highest BCUT2D eigenvalue weighted by Gasteiger charge is 2.29. The lowest BCUT2D eigenvalue weighted by atomic mass is 10.1. The van der Waals surface area contributed by atoms with Gasteiger partial charge in [-0.05, 0) is 24.6 Å². The average Bonchev–Trinajstić information content (AvgIpc) is 2.46. The van der Waals surface area contributed by atoms with Gasteiger partial charge in [-0.2, -0.15) is 0 Å². The average molecular weight is 329 g/mol. The number of benzene rings is 1. The number of amides is 1. The molecule has 0 aliphatic carbocycles. The zero-order valence-electron chi connectivity index (χ0n) is 12.9. The first-order valence-corrected chi connectivity index (χ1v) is 7.92. The molecule has 1 aromatic rings. The third kappa shape index (κ3) is 3.97. The summed E-state index contributed by atoms with van der Waals surface area (Å²) in [4.78, 5) is 16.4. The van der Waals surface area contributed by atoms with Crippen LogP contribution in [0.3, 0.4) is 0 Å². The van der Waals surface area contributed by atoms with Crippen LogP contribution in [0.2, 0.25) is 5.02 Å². The molecule has 1 aromatic carbocycles. The Labute approximate surface area is 135 Å². The highest BCUT2D eigenvalue weighted by molar-refractivity contribution is 6.31. The van der Waals surface area contributed by atoms with Gasteiger partial charge in [0.1, 0.15) is 5.82 Å². The van der Waals surface area contributed by atoms with Crippen LogP contribution in [0, 0.1) is 5.82 Å². The van der Waals surface area contributed by atoms with Crippen LogP contribution in [-0.2, 0) is 0 Å². The van der Waals surface area contributed by atoms with Crippen LogP contribution >= 0.6 is 11.6 Å². The topological polar surface area (TPSA) is 43.8 Å². The number of likely N-dealkylation sites (N-methyl/N-ethyl adjacent to an activating group) is 1. The van der Waals surface area contributed by atoms with Crippen molar-refractivity contribution in [3.05, 3.63) is 34.6 Å². The maximum Gasteiger partial charge on any atom is 0.253 e. The van der Waals surface area contributed by atoms with E-state index < -0.39 is 5.82 Å². The van der Waals surface area contributed by atoms with Crippen LogP contribution in [0.1, 0.15) is 30.1 Å². The predicted octanol–water partition coefficient (Wildman–Crippen LogP) is 2.40. The molecule has 6 heteroatoms. The molecule has 4 nitrogen and oxygen atoms in total. The van der Waals surface area contributed by atoms with Gasteiger partial charge in [-0.15, -0.1) is 0 Å². The van der Waals surface area contributed by atoms with E-state index in [0.29, 0.717) is 18.7 Å². The standard InChI is InChI=1S/C16H22ClFN2O2/c1-3-4-12(8-20-9-13(21)10-20)19(2)16(22)11-5-6-15(18)14(17)7-11/h5-7,12-13,21H,3-4,8-10H2,1-2H3/t12-/m0/s1. The number of rotatable bonds is 6. The van der Waals surface area contributed by atoms with Crippen molar-refractivity contribution in [1.82, 2.24) is 9.80 Å². The summed E-state index contributed by atoms with van der Waals surface area (Å²) in [6.07, 6.45) is 1.59. The van der Waals surface area contributed by atoms with Crippen molar-refractivity contribution in [3.8, 4) is 0 Å². The summed E-state index contributed by atoms with van der Waals surface area (Å²) >= 11 is 5.75. The van der Waals surface area contributed by atoms with E-state index in [2.05, 4.69) is 11.8 Å². The van der Waals surface area contributed by atoms with Gasteiger partial charge in [-0.1, -0.05) is 24.9 Å². The Morgan fingerprint density at radius 2 is 2.23 bits per heavy atom. The summed E-state index contributed by atoms with van der Waals surface area (Å²) in [6, 6.07) is 4.10. The number of aliphatic hydroxyl groups excluding tert-OH is 1. The maximum absolute atomic E-state index is 13.2. The lowest BCUT2D eigenvalue weighted by Gasteiger charge is -2.40. The molecule has 0 spiro atoms. The molecular formula is C16H22ClFN2O2. The minimum absolute atomic E-state index is 0.0443. The minimum Gasteiger partial charge on any atom is -0.390 e. The third-order valence-electron chi connectivity index (χ3n) is 4.06. The van der Waals surface area contributed by atoms with Gasteiger partial charge in [0, 0.05) is 38.3 Å². The number of likely N-dealkylation sites (tertiary alicyclic amines) is 1. The van der Waals surface area contributed by atoms with Crippen LogP contribution in [-0.4, -0.2) is 59.6 Å². The minimum atomic E-state index is -0.527. The second-order valence-electron chi connectivity index (χ2n) is 5.86. The molecule has 1 aliphatic rings. The van der Waals surface area contributed by atoms with Gasteiger partial charge in [-0.25, -0.2) is 4.39 Å². The molecule has 2 rings (SSSR count). The van der Waals surface area contributed by atoms with E-state index in [4.69, 9.17) is 11.6 Å². The number of halogens is 2. The van der Waals surface area contributed by atoms with Crippen LogP contribution in [0.15, 0.2) is 18.2 Å². The van der Waals surface area contributed by atoms with Gasteiger partial charge in [-0.3, -0.25) is 9.69 Å². The number of aliphatic hydroxyl groups is 1. The number of β-amino-alcohol motifs (C(OH)–C–C–N with tert-alkyl or cyclic N) is 1. The number of carbonyl (C=O) groups excluding carboxylic acids is 1. The summed E-state index contributed by atoms with van der Waals surface area (Å²) in [5.74, 6) is -0.693. The molecule has 0 aromatic heterocycles. The second kappa shape index (κ2) is 7.40. The van der Waals surface area contributed by atoms with Crippen LogP contribution < -0.4 is 0 Å². The number of hydrogen-bond acceptors (Lipinski definition) is 3. The van der Waals surface area contributed by atoms with E-state index in [9.17, 15) is 14.3 Å².